The zero-order chi connectivity index (χ0) is 13.8. The summed E-state index contributed by atoms with van der Waals surface area (Å²) in [6.45, 7) is 0. The maximum atomic E-state index is 11.7. The molecule has 100 valence electrons. The molecular formula is C14H15NO4. The van der Waals surface area contributed by atoms with Gasteiger partial charge in [0.1, 0.15) is 0 Å². The van der Waals surface area contributed by atoms with Crippen molar-refractivity contribution in [3.05, 3.63) is 23.8 Å². The second-order valence-electron chi connectivity index (χ2n) is 4.38. The molecule has 19 heavy (non-hydrogen) atoms. The normalized spacial score (nSPS) is 15.2. The van der Waals surface area contributed by atoms with Crippen molar-refractivity contribution in [2.24, 2.45) is 5.92 Å². The van der Waals surface area contributed by atoms with Crippen molar-refractivity contribution in [2.75, 3.05) is 14.2 Å². The molecule has 5 nitrogen and oxygen atoms in total. The molecule has 0 N–H and O–H groups in total. The van der Waals surface area contributed by atoms with Crippen LogP contribution in [0.1, 0.15) is 18.4 Å². The maximum absolute atomic E-state index is 11.7. The number of ether oxygens (including phenoxy) is 3. The number of rotatable bonds is 5. The summed E-state index contributed by atoms with van der Waals surface area (Å²) >= 11 is 0. The van der Waals surface area contributed by atoms with Crippen molar-refractivity contribution in [3.8, 4) is 17.6 Å². The number of methoxy groups -OCH3 is 2. The Hall–Kier alpha value is -2.22. The van der Waals surface area contributed by atoms with Crippen LogP contribution in [0.25, 0.3) is 0 Å². The van der Waals surface area contributed by atoms with Crippen LogP contribution in [-0.2, 0) is 9.53 Å². The smallest absolute Gasteiger partial charge is 0.347 e. The molecular weight excluding hydrogens is 246 g/mol. The number of carbonyl (C=O) groups is 1. The van der Waals surface area contributed by atoms with Gasteiger partial charge in [0.2, 0.25) is 0 Å². The second-order valence-corrected chi connectivity index (χ2v) is 4.38. The minimum Gasteiger partial charge on any atom is -0.493 e. The molecule has 1 aliphatic carbocycles. The van der Waals surface area contributed by atoms with Crippen LogP contribution in [0, 0.1) is 17.2 Å². The SMILES string of the molecule is COC(=O)C(Oc1ccc(C#N)cc1OC)C1CC1. The van der Waals surface area contributed by atoms with Crippen LogP contribution in [0.15, 0.2) is 18.2 Å². The highest BCUT2D eigenvalue weighted by Gasteiger charge is 2.39. The molecule has 0 heterocycles. The molecule has 0 saturated heterocycles. The fourth-order valence-electron chi connectivity index (χ4n) is 1.82. The van der Waals surface area contributed by atoms with Crippen molar-refractivity contribution in [2.45, 2.75) is 18.9 Å². The lowest BCUT2D eigenvalue weighted by Gasteiger charge is -2.18. The molecule has 0 spiro atoms. The van der Waals surface area contributed by atoms with Crippen molar-refractivity contribution < 1.29 is 19.0 Å². The number of nitrogens with zero attached hydrogens (tertiary/aromatic N) is 1. The largest absolute Gasteiger partial charge is 0.493 e. The molecule has 1 aliphatic rings. The summed E-state index contributed by atoms with van der Waals surface area (Å²) in [6, 6.07) is 6.86. The molecule has 1 aromatic rings. The average molecular weight is 261 g/mol. The highest BCUT2D eigenvalue weighted by atomic mass is 16.6. The van der Waals surface area contributed by atoms with E-state index in [1.807, 2.05) is 6.07 Å². The predicted molar refractivity (Wildman–Crippen MR) is 66.9 cm³/mol. The monoisotopic (exact) mass is 261 g/mol. The van der Waals surface area contributed by atoms with Crippen molar-refractivity contribution in [3.63, 3.8) is 0 Å². The van der Waals surface area contributed by atoms with Gasteiger partial charge in [-0.3, -0.25) is 0 Å². The molecule has 1 saturated carbocycles. The molecule has 5 heteroatoms. The van der Waals surface area contributed by atoms with Crippen molar-refractivity contribution in [1.29, 1.82) is 5.26 Å². The Kier molecular flexibility index (Phi) is 3.91. The zero-order valence-electron chi connectivity index (χ0n) is 10.9. The van der Waals surface area contributed by atoms with E-state index in [0.29, 0.717) is 17.1 Å². The zero-order valence-corrected chi connectivity index (χ0v) is 10.9. The standard InChI is InChI=1S/C14H15NO4/c1-17-12-7-9(8-15)3-6-11(12)19-13(10-4-5-10)14(16)18-2/h3,6-7,10,13H,4-5H2,1-2H3. The fourth-order valence-corrected chi connectivity index (χ4v) is 1.82. The van der Waals surface area contributed by atoms with E-state index in [4.69, 9.17) is 19.5 Å². The van der Waals surface area contributed by atoms with E-state index in [9.17, 15) is 4.79 Å². The quantitative estimate of drug-likeness (QED) is 0.757. The van der Waals surface area contributed by atoms with Crippen LogP contribution in [0.3, 0.4) is 0 Å². The van der Waals surface area contributed by atoms with E-state index in [-0.39, 0.29) is 11.9 Å². The van der Waals surface area contributed by atoms with Crippen LogP contribution in [-0.4, -0.2) is 26.3 Å². The van der Waals surface area contributed by atoms with Gasteiger partial charge in [0.25, 0.3) is 0 Å². The van der Waals surface area contributed by atoms with Crippen molar-refractivity contribution in [1.82, 2.24) is 0 Å². The van der Waals surface area contributed by atoms with Crippen LogP contribution < -0.4 is 9.47 Å². The van der Waals surface area contributed by atoms with Gasteiger partial charge in [0.05, 0.1) is 25.9 Å². The first-order valence-electron chi connectivity index (χ1n) is 6.02. The lowest BCUT2D eigenvalue weighted by atomic mass is 10.2. The first-order valence-corrected chi connectivity index (χ1v) is 6.02. The van der Waals surface area contributed by atoms with E-state index < -0.39 is 6.10 Å². The van der Waals surface area contributed by atoms with E-state index in [0.717, 1.165) is 12.8 Å². The number of benzene rings is 1. The topological polar surface area (TPSA) is 68.5 Å². The summed E-state index contributed by atoms with van der Waals surface area (Å²) in [4.78, 5) is 11.7. The average Bonchev–Trinajstić information content (AvgIpc) is 3.28. The van der Waals surface area contributed by atoms with Gasteiger partial charge in [-0.25, -0.2) is 4.79 Å². The van der Waals surface area contributed by atoms with E-state index in [1.54, 1.807) is 18.2 Å². The lowest BCUT2D eigenvalue weighted by molar-refractivity contribution is -0.149. The molecule has 0 aliphatic heterocycles. The van der Waals surface area contributed by atoms with Crippen LogP contribution in [0.5, 0.6) is 11.5 Å². The maximum Gasteiger partial charge on any atom is 0.347 e. The molecule has 1 atom stereocenters. The summed E-state index contributed by atoms with van der Waals surface area (Å²) in [7, 11) is 2.84. The van der Waals surface area contributed by atoms with Gasteiger partial charge < -0.3 is 14.2 Å². The number of carbonyl (C=O) groups excluding carboxylic acids is 1. The molecule has 0 bridgehead atoms. The predicted octanol–water partition coefficient (Wildman–Crippen LogP) is 1.90. The van der Waals surface area contributed by atoms with Gasteiger partial charge in [-0.05, 0) is 25.0 Å². The summed E-state index contributed by atoms with van der Waals surface area (Å²) in [5, 5.41) is 8.83. The van der Waals surface area contributed by atoms with E-state index >= 15 is 0 Å². The Morgan fingerprint density at radius 3 is 2.63 bits per heavy atom. The van der Waals surface area contributed by atoms with Gasteiger partial charge in [0, 0.05) is 12.0 Å². The Bertz CT molecular complexity index is 517. The summed E-state index contributed by atoms with van der Waals surface area (Å²) < 4.78 is 15.6. The van der Waals surface area contributed by atoms with E-state index in [2.05, 4.69) is 0 Å². The molecule has 1 aromatic carbocycles. The molecule has 0 radical (unpaired) electrons. The fraction of sp³-hybridized carbons (Fsp3) is 0.429. The van der Waals surface area contributed by atoms with Crippen LogP contribution in [0.2, 0.25) is 0 Å². The third-order valence-electron chi connectivity index (χ3n) is 3.03. The van der Waals surface area contributed by atoms with Gasteiger partial charge >= 0.3 is 5.97 Å². The third kappa shape index (κ3) is 2.97. The van der Waals surface area contributed by atoms with Crippen molar-refractivity contribution >= 4 is 5.97 Å². The summed E-state index contributed by atoms with van der Waals surface area (Å²) in [5.41, 5.74) is 0.477. The Labute approximate surface area is 111 Å². The lowest BCUT2D eigenvalue weighted by Crippen LogP contribution is -2.30. The highest BCUT2D eigenvalue weighted by molar-refractivity contribution is 5.76. The molecule has 1 fully saturated rings. The number of nitriles is 1. The van der Waals surface area contributed by atoms with Gasteiger partial charge in [-0.2, -0.15) is 5.26 Å². The van der Waals surface area contributed by atoms with Crippen LogP contribution in [0.4, 0.5) is 0 Å². The third-order valence-corrected chi connectivity index (χ3v) is 3.03. The molecule has 0 amide bonds. The number of esters is 1. The minimum atomic E-state index is -0.605. The molecule has 2 rings (SSSR count). The highest BCUT2D eigenvalue weighted by Crippen LogP contribution is 2.37. The molecule has 1 unspecified atom stereocenters. The van der Waals surface area contributed by atoms with Crippen LogP contribution >= 0.6 is 0 Å². The Morgan fingerprint density at radius 2 is 2.11 bits per heavy atom. The van der Waals surface area contributed by atoms with E-state index in [1.165, 1.54) is 14.2 Å². The second kappa shape index (κ2) is 5.61. The van der Waals surface area contributed by atoms with Gasteiger partial charge in [-0.15, -0.1) is 0 Å². The minimum absolute atomic E-state index is 0.202. The summed E-state index contributed by atoms with van der Waals surface area (Å²) in [6.07, 6.45) is 1.31. The summed E-state index contributed by atoms with van der Waals surface area (Å²) in [5.74, 6) is 0.708. The van der Waals surface area contributed by atoms with Gasteiger partial charge in [-0.1, -0.05) is 0 Å². The number of hydrogen-bond donors (Lipinski definition) is 0. The number of hydrogen-bond acceptors (Lipinski definition) is 5. The van der Waals surface area contributed by atoms with Gasteiger partial charge in [0.15, 0.2) is 17.6 Å². The first kappa shape index (κ1) is 13.2. The Balaban J connectivity index is 2.21. The first-order chi connectivity index (χ1) is 9.19. The molecule has 0 aromatic heterocycles. The Morgan fingerprint density at radius 1 is 1.37 bits per heavy atom.